The third-order valence-corrected chi connectivity index (χ3v) is 4.53. The first-order valence-electron chi connectivity index (χ1n) is 7.29. The van der Waals surface area contributed by atoms with Crippen molar-refractivity contribution in [3.63, 3.8) is 0 Å². The number of fused-ring (bicyclic) bond motifs is 1. The Morgan fingerprint density at radius 2 is 1.84 bits per heavy atom. The van der Waals surface area contributed by atoms with Crippen molar-refractivity contribution >= 4 is 17.2 Å². The van der Waals surface area contributed by atoms with Crippen LogP contribution in [0, 0.1) is 0 Å². The standard InChI is InChI=1S/C16H21NOS/c19-16(17-7-9-18-10-8-17)12-13-5-6-14-3-1-2-4-15(14)11-13/h5-6,11H,1-4,7-10,12H2. The van der Waals surface area contributed by atoms with Gasteiger partial charge < -0.3 is 9.64 Å². The van der Waals surface area contributed by atoms with Crippen molar-refractivity contribution in [1.82, 2.24) is 4.90 Å². The maximum absolute atomic E-state index is 5.58. The lowest BCUT2D eigenvalue weighted by atomic mass is 9.90. The van der Waals surface area contributed by atoms with E-state index in [1.807, 2.05) is 0 Å². The van der Waals surface area contributed by atoms with E-state index in [2.05, 4.69) is 23.1 Å². The zero-order valence-electron chi connectivity index (χ0n) is 11.4. The van der Waals surface area contributed by atoms with Gasteiger partial charge >= 0.3 is 0 Å². The van der Waals surface area contributed by atoms with Crippen LogP contribution in [0.4, 0.5) is 0 Å². The molecule has 1 aliphatic heterocycles. The quantitative estimate of drug-likeness (QED) is 0.770. The predicted octanol–water partition coefficient (Wildman–Crippen LogP) is 2.77. The molecule has 3 rings (SSSR count). The van der Waals surface area contributed by atoms with Crippen molar-refractivity contribution in [3.8, 4) is 0 Å². The lowest BCUT2D eigenvalue weighted by Gasteiger charge is -2.29. The van der Waals surface area contributed by atoms with Gasteiger partial charge in [0.25, 0.3) is 0 Å². The molecule has 0 aromatic heterocycles. The van der Waals surface area contributed by atoms with E-state index in [0.29, 0.717) is 0 Å². The third kappa shape index (κ3) is 3.15. The number of hydrogen-bond donors (Lipinski definition) is 0. The fraction of sp³-hybridized carbons (Fsp3) is 0.562. The molecule has 3 heteroatoms. The van der Waals surface area contributed by atoms with Gasteiger partial charge in [-0.3, -0.25) is 0 Å². The minimum absolute atomic E-state index is 0.810. The topological polar surface area (TPSA) is 12.5 Å². The van der Waals surface area contributed by atoms with Crippen LogP contribution in [0.25, 0.3) is 0 Å². The van der Waals surface area contributed by atoms with Gasteiger partial charge in [-0.05, 0) is 42.4 Å². The van der Waals surface area contributed by atoms with Gasteiger partial charge in [0.2, 0.25) is 0 Å². The molecule has 0 saturated carbocycles. The number of ether oxygens (including phenoxy) is 1. The largest absolute Gasteiger partial charge is 0.378 e. The molecule has 1 aliphatic carbocycles. The molecule has 0 atom stereocenters. The summed E-state index contributed by atoms with van der Waals surface area (Å²) in [7, 11) is 0. The average molecular weight is 275 g/mol. The molecule has 1 heterocycles. The van der Waals surface area contributed by atoms with Crippen LogP contribution in [0.15, 0.2) is 18.2 Å². The van der Waals surface area contributed by atoms with E-state index in [1.165, 1.54) is 31.2 Å². The van der Waals surface area contributed by atoms with E-state index in [1.54, 1.807) is 11.1 Å². The summed E-state index contributed by atoms with van der Waals surface area (Å²) in [5.74, 6) is 0. The first-order valence-corrected chi connectivity index (χ1v) is 7.70. The van der Waals surface area contributed by atoms with E-state index >= 15 is 0 Å². The smallest absolute Gasteiger partial charge is 0.0825 e. The molecule has 0 unspecified atom stereocenters. The van der Waals surface area contributed by atoms with Gasteiger partial charge in [-0.1, -0.05) is 30.4 Å². The monoisotopic (exact) mass is 275 g/mol. The Kier molecular flexibility index (Phi) is 4.14. The molecule has 2 nitrogen and oxygen atoms in total. The summed E-state index contributed by atoms with van der Waals surface area (Å²) in [6.45, 7) is 3.52. The Bertz CT molecular complexity index is 466. The second-order valence-corrected chi connectivity index (χ2v) is 5.95. The van der Waals surface area contributed by atoms with E-state index < -0.39 is 0 Å². The van der Waals surface area contributed by atoms with Crippen molar-refractivity contribution in [2.75, 3.05) is 26.3 Å². The van der Waals surface area contributed by atoms with Crippen LogP contribution in [0.5, 0.6) is 0 Å². The van der Waals surface area contributed by atoms with Crippen molar-refractivity contribution in [2.45, 2.75) is 32.1 Å². The van der Waals surface area contributed by atoms with E-state index in [0.717, 1.165) is 37.7 Å². The van der Waals surface area contributed by atoms with Crippen LogP contribution in [-0.2, 0) is 24.0 Å². The summed E-state index contributed by atoms with van der Waals surface area (Å²) in [5.41, 5.74) is 4.47. The van der Waals surface area contributed by atoms with Gasteiger partial charge in [-0.25, -0.2) is 0 Å². The second-order valence-electron chi connectivity index (χ2n) is 5.48. The highest BCUT2D eigenvalue weighted by molar-refractivity contribution is 7.80. The summed E-state index contributed by atoms with van der Waals surface area (Å²) in [5, 5.41) is 0. The minimum atomic E-state index is 0.810. The Balaban J connectivity index is 1.67. The lowest BCUT2D eigenvalue weighted by Crippen LogP contribution is -2.40. The Morgan fingerprint density at radius 1 is 1.11 bits per heavy atom. The molecule has 0 N–H and O–H groups in total. The number of thiocarbonyl (C=S) groups is 1. The number of rotatable bonds is 2. The highest BCUT2D eigenvalue weighted by atomic mass is 32.1. The molecule has 0 amide bonds. The predicted molar refractivity (Wildman–Crippen MR) is 81.8 cm³/mol. The van der Waals surface area contributed by atoms with Crippen molar-refractivity contribution < 1.29 is 4.74 Å². The van der Waals surface area contributed by atoms with Gasteiger partial charge in [0.05, 0.1) is 18.2 Å². The van der Waals surface area contributed by atoms with Crippen molar-refractivity contribution in [1.29, 1.82) is 0 Å². The third-order valence-electron chi connectivity index (χ3n) is 4.13. The van der Waals surface area contributed by atoms with Crippen molar-refractivity contribution in [3.05, 3.63) is 34.9 Å². The Labute approximate surface area is 120 Å². The normalized spacial score (nSPS) is 19.1. The maximum atomic E-state index is 5.58. The van der Waals surface area contributed by atoms with Crippen LogP contribution in [0.2, 0.25) is 0 Å². The summed E-state index contributed by atoms with van der Waals surface area (Å²) < 4.78 is 5.37. The number of nitrogens with zero attached hydrogens (tertiary/aromatic N) is 1. The van der Waals surface area contributed by atoms with Crippen molar-refractivity contribution in [2.24, 2.45) is 0 Å². The summed E-state index contributed by atoms with van der Waals surface area (Å²) >= 11 is 5.58. The van der Waals surface area contributed by atoms with Crippen LogP contribution < -0.4 is 0 Å². The van der Waals surface area contributed by atoms with E-state index in [9.17, 15) is 0 Å². The number of hydrogen-bond acceptors (Lipinski definition) is 2. The van der Waals surface area contributed by atoms with Gasteiger partial charge in [0.1, 0.15) is 0 Å². The Hall–Kier alpha value is -0.930. The van der Waals surface area contributed by atoms with Gasteiger partial charge in [0.15, 0.2) is 0 Å². The molecule has 1 aromatic rings. The van der Waals surface area contributed by atoms with E-state index in [-0.39, 0.29) is 0 Å². The maximum Gasteiger partial charge on any atom is 0.0825 e. The second kappa shape index (κ2) is 6.02. The first kappa shape index (κ1) is 13.1. The number of benzene rings is 1. The average Bonchev–Trinajstić information content (AvgIpc) is 2.48. The van der Waals surface area contributed by atoms with E-state index in [4.69, 9.17) is 17.0 Å². The molecule has 2 aliphatic rings. The van der Waals surface area contributed by atoms with Crippen LogP contribution in [0.1, 0.15) is 29.5 Å². The summed E-state index contributed by atoms with van der Waals surface area (Å²) in [6, 6.07) is 6.95. The molecule has 19 heavy (non-hydrogen) atoms. The number of aryl methyl sites for hydroxylation is 2. The summed E-state index contributed by atoms with van der Waals surface area (Å²) in [6.07, 6.45) is 6.09. The van der Waals surface area contributed by atoms with Gasteiger partial charge in [0, 0.05) is 19.5 Å². The molecule has 1 saturated heterocycles. The molecule has 0 spiro atoms. The Morgan fingerprint density at radius 3 is 2.63 bits per heavy atom. The highest BCUT2D eigenvalue weighted by Crippen LogP contribution is 2.22. The molecule has 1 aromatic carbocycles. The number of morpholine rings is 1. The minimum Gasteiger partial charge on any atom is -0.378 e. The van der Waals surface area contributed by atoms with Crippen LogP contribution in [0.3, 0.4) is 0 Å². The summed E-state index contributed by atoms with van der Waals surface area (Å²) in [4.78, 5) is 3.36. The van der Waals surface area contributed by atoms with Gasteiger partial charge in [-0.15, -0.1) is 0 Å². The molecular formula is C16H21NOS. The lowest BCUT2D eigenvalue weighted by molar-refractivity contribution is 0.0684. The SMILES string of the molecule is S=C(Cc1ccc2c(c1)CCCC2)N1CCOCC1. The first-order chi connectivity index (χ1) is 9.33. The fourth-order valence-corrected chi connectivity index (χ4v) is 3.35. The zero-order chi connectivity index (χ0) is 13.1. The molecule has 0 bridgehead atoms. The van der Waals surface area contributed by atoms with Crippen LogP contribution >= 0.6 is 12.2 Å². The molecule has 1 fully saturated rings. The molecular weight excluding hydrogens is 254 g/mol. The zero-order valence-corrected chi connectivity index (χ0v) is 12.2. The molecule has 0 radical (unpaired) electrons. The fourth-order valence-electron chi connectivity index (χ4n) is 3.00. The molecule has 102 valence electrons. The van der Waals surface area contributed by atoms with Gasteiger partial charge in [-0.2, -0.15) is 0 Å². The highest BCUT2D eigenvalue weighted by Gasteiger charge is 2.15. The van der Waals surface area contributed by atoms with Crippen LogP contribution in [-0.4, -0.2) is 36.2 Å².